The lowest BCUT2D eigenvalue weighted by Crippen LogP contribution is -2.29. The Bertz CT molecular complexity index is 530. The van der Waals surface area contributed by atoms with E-state index in [0.29, 0.717) is 18.4 Å². The summed E-state index contributed by atoms with van der Waals surface area (Å²) in [7, 11) is 0. The number of carboxylic acids is 1. The molecule has 5 heteroatoms. The van der Waals surface area contributed by atoms with Crippen molar-refractivity contribution >= 4 is 5.97 Å². The molecule has 0 amide bonds. The van der Waals surface area contributed by atoms with Crippen LogP contribution < -0.4 is 5.32 Å². The highest BCUT2D eigenvalue weighted by atomic mass is 16.4. The lowest BCUT2D eigenvalue weighted by atomic mass is 9.82. The molecule has 1 saturated carbocycles. The second kappa shape index (κ2) is 5.48. The van der Waals surface area contributed by atoms with Gasteiger partial charge in [-0.05, 0) is 18.8 Å². The molecule has 2 N–H and O–H groups in total. The zero-order valence-corrected chi connectivity index (χ0v) is 11.9. The van der Waals surface area contributed by atoms with Gasteiger partial charge in [0.15, 0.2) is 5.69 Å². The van der Waals surface area contributed by atoms with Gasteiger partial charge >= 0.3 is 5.97 Å². The zero-order valence-electron chi connectivity index (χ0n) is 11.9. The standard InChI is InChI=1S/C15H21N3O2/c1-9-3-2-4-10(7-9)14-17-12-5-6-16-8-11(12)13(18-14)15(19)20/h9-10,16H,2-8H2,1H3,(H,19,20). The van der Waals surface area contributed by atoms with E-state index in [0.717, 1.165) is 42.9 Å². The number of aromatic carboxylic acids is 1. The van der Waals surface area contributed by atoms with Crippen LogP contribution >= 0.6 is 0 Å². The van der Waals surface area contributed by atoms with Gasteiger partial charge in [0, 0.05) is 31.0 Å². The summed E-state index contributed by atoms with van der Waals surface area (Å²) in [5.41, 5.74) is 1.91. The third-order valence-corrected chi connectivity index (χ3v) is 4.45. The Hall–Kier alpha value is -1.49. The molecule has 1 aromatic rings. The van der Waals surface area contributed by atoms with Crippen molar-refractivity contribution in [1.82, 2.24) is 15.3 Å². The van der Waals surface area contributed by atoms with Crippen LogP contribution in [0.15, 0.2) is 0 Å². The van der Waals surface area contributed by atoms with Crippen LogP contribution in [-0.2, 0) is 13.0 Å². The average molecular weight is 275 g/mol. The van der Waals surface area contributed by atoms with E-state index in [4.69, 9.17) is 4.98 Å². The molecule has 2 atom stereocenters. The molecule has 3 rings (SSSR count). The normalized spacial score (nSPS) is 26.1. The van der Waals surface area contributed by atoms with Gasteiger partial charge in [-0.25, -0.2) is 14.8 Å². The molecule has 2 aliphatic rings. The van der Waals surface area contributed by atoms with Gasteiger partial charge in [0.2, 0.25) is 0 Å². The fraction of sp³-hybridized carbons (Fsp3) is 0.667. The minimum absolute atomic E-state index is 0.204. The molecule has 5 nitrogen and oxygen atoms in total. The van der Waals surface area contributed by atoms with Crippen molar-refractivity contribution in [1.29, 1.82) is 0 Å². The van der Waals surface area contributed by atoms with Crippen LogP contribution in [0.1, 0.15) is 66.1 Å². The van der Waals surface area contributed by atoms with Crippen LogP contribution in [0.2, 0.25) is 0 Å². The first kappa shape index (κ1) is 13.5. The molecule has 1 aliphatic heterocycles. The summed E-state index contributed by atoms with van der Waals surface area (Å²) in [5, 5.41) is 12.6. The molecule has 0 aromatic carbocycles. The zero-order chi connectivity index (χ0) is 14.1. The van der Waals surface area contributed by atoms with E-state index in [1.807, 2.05) is 0 Å². The second-order valence-electron chi connectivity index (χ2n) is 6.06. The molecule has 1 aromatic heterocycles. The maximum Gasteiger partial charge on any atom is 0.354 e. The first-order chi connectivity index (χ1) is 9.65. The van der Waals surface area contributed by atoms with E-state index < -0.39 is 5.97 Å². The number of hydrogen-bond acceptors (Lipinski definition) is 4. The summed E-state index contributed by atoms with van der Waals surface area (Å²) < 4.78 is 0. The number of rotatable bonds is 2. The highest BCUT2D eigenvalue weighted by molar-refractivity contribution is 5.87. The number of nitrogens with zero attached hydrogens (tertiary/aromatic N) is 2. The van der Waals surface area contributed by atoms with Crippen molar-refractivity contribution in [2.75, 3.05) is 6.54 Å². The summed E-state index contributed by atoms with van der Waals surface area (Å²) in [4.78, 5) is 20.5. The number of fused-ring (bicyclic) bond motifs is 1. The monoisotopic (exact) mass is 275 g/mol. The first-order valence-corrected chi connectivity index (χ1v) is 7.49. The Balaban J connectivity index is 1.99. The molecular weight excluding hydrogens is 254 g/mol. The molecular formula is C15H21N3O2. The Morgan fingerprint density at radius 3 is 2.95 bits per heavy atom. The van der Waals surface area contributed by atoms with Gasteiger partial charge in [-0.2, -0.15) is 0 Å². The summed E-state index contributed by atoms with van der Waals surface area (Å²) in [6.45, 7) is 3.69. The SMILES string of the molecule is CC1CCCC(c2nc3c(c(C(=O)O)n2)CNCC3)C1. The number of carbonyl (C=O) groups is 1. The Labute approximate surface area is 118 Å². The quantitative estimate of drug-likeness (QED) is 0.864. The minimum atomic E-state index is -0.933. The molecule has 2 heterocycles. The minimum Gasteiger partial charge on any atom is -0.476 e. The summed E-state index contributed by atoms with van der Waals surface area (Å²) in [5.74, 6) is 0.840. The van der Waals surface area contributed by atoms with Crippen LogP contribution in [0.25, 0.3) is 0 Å². The molecule has 0 saturated heterocycles. The Kier molecular flexibility index (Phi) is 3.70. The second-order valence-corrected chi connectivity index (χ2v) is 6.06. The van der Waals surface area contributed by atoms with Gasteiger partial charge in [0.1, 0.15) is 5.82 Å². The number of aromatic nitrogens is 2. The van der Waals surface area contributed by atoms with Crippen molar-refractivity contribution in [3.63, 3.8) is 0 Å². The topological polar surface area (TPSA) is 75.1 Å². The van der Waals surface area contributed by atoms with Crippen molar-refractivity contribution in [3.8, 4) is 0 Å². The molecule has 0 radical (unpaired) electrons. The molecule has 1 aliphatic carbocycles. The van der Waals surface area contributed by atoms with Crippen LogP contribution in [0.4, 0.5) is 0 Å². The molecule has 108 valence electrons. The van der Waals surface area contributed by atoms with Crippen molar-refractivity contribution < 1.29 is 9.90 Å². The molecule has 20 heavy (non-hydrogen) atoms. The van der Waals surface area contributed by atoms with E-state index in [2.05, 4.69) is 17.2 Å². The van der Waals surface area contributed by atoms with Gasteiger partial charge < -0.3 is 10.4 Å². The molecule has 1 fully saturated rings. The van der Waals surface area contributed by atoms with E-state index in [9.17, 15) is 9.90 Å². The predicted octanol–water partition coefficient (Wildman–Crippen LogP) is 2.11. The third-order valence-electron chi connectivity index (χ3n) is 4.45. The van der Waals surface area contributed by atoms with Gasteiger partial charge in [-0.15, -0.1) is 0 Å². The molecule has 0 bridgehead atoms. The first-order valence-electron chi connectivity index (χ1n) is 7.49. The summed E-state index contributed by atoms with van der Waals surface area (Å²) >= 11 is 0. The third kappa shape index (κ3) is 2.54. The summed E-state index contributed by atoms with van der Waals surface area (Å²) in [6.07, 6.45) is 5.41. The van der Waals surface area contributed by atoms with Crippen molar-refractivity contribution in [3.05, 3.63) is 22.8 Å². The summed E-state index contributed by atoms with van der Waals surface area (Å²) in [6, 6.07) is 0. The highest BCUT2D eigenvalue weighted by Gasteiger charge is 2.27. The molecule has 0 spiro atoms. The lowest BCUT2D eigenvalue weighted by molar-refractivity contribution is 0.0687. The number of hydrogen-bond donors (Lipinski definition) is 2. The van der Waals surface area contributed by atoms with Gasteiger partial charge in [-0.1, -0.05) is 19.8 Å². The maximum absolute atomic E-state index is 11.5. The fourth-order valence-electron chi connectivity index (χ4n) is 3.39. The van der Waals surface area contributed by atoms with E-state index >= 15 is 0 Å². The Morgan fingerprint density at radius 2 is 2.20 bits per heavy atom. The van der Waals surface area contributed by atoms with Gasteiger partial charge in [0.25, 0.3) is 0 Å². The van der Waals surface area contributed by atoms with Crippen LogP contribution in [0.5, 0.6) is 0 Å². The number of carboxylic acid groups (broad SMARTS) is 1. The fourth-order valence-corrected chi connectivity index (χ4v) is 3.39. The van der Waals surface area contributed by atoms with Crippen LogP contribution in [-0.4, -0.2) is 27.6 Å². The van der Waals surface area contributed by atoms with Crippen LogP contribution in [0.3, 0.4) is 0 Å². The highest BCUT2D eigenvalue weighted by Crippen LogP contribution is 2.35. The average Bonchev–Trinajstić information content (AvgIpc) is 2.46. The number of nitrogens with one attached hydrogen (secondary N) is 1. The van der Waals surface area contributed by atoms with Gasteiger partial charge in [0.05, 0.1) is 5.69 Å². The molecule has 2 unspecified atom stereocenters. The smallest absolute Gasteiger partial charge is 0.354 e. The van der Waals surface area contributed by atoms with E-state index in [1.54, 1.807) is 0 Å². The Morgan fingerprint density at radius 1 is 1.35 bits per heavy atom. The van der Waals surface area contributed by atoms with Crippen molar-refractivity contribution in [2.24, 2.45) is 5.92 Å². The van der Waals surface area contributed by atoms with E-state index in [-0.39, 0.29) is 5.69 Å². The maximum atomic E-state index is 11.5. The van der Waals surface area contributed by atoms with Gasteiger partial charge in [-0.3, -0.25) is 0 Å². The van der Waals surface area contributed by atoms with Crippen LogP contribution in [0, 0.1) is 5.92 Å². The predicted molar refractivity (Wildman–Crippen MR) is 74.8 cm³/mol. The van der Waals surface area contributed by atoms with E-state index in [1.165, 1.54) is 12.8 Å². The van der Waals surface area contributed by atoms with Crippen molar-refractivity contribution in [2.45, 2.75) is 51.5 Å². The lowest BCUT2D eigenvalue weighted by Gasteiger charge is -2.27. The largest absolute Gasteiger partial charge is 0.476 e.